The summed E-state index contributed by atoms with van der Waals surface area (Å²) >= 11 is 0. The van der Waals surface area contributed by atoms with Crippen molar-refractivity contribution in [1.29, 1.82) is 0 Å². The van der Waals surface area contributed by atoms with E-state index in [4.69, 9.17) is 4.74 Å². The van der Waals surface area contributed by atoms with Gasteiger partial charge in [-0.1, -0.05) is 26.0 Å². The van der Waals surface area contributed by atoms with Crippen molar-refractivity contribution in [2.75, 3.05) is 27.8 Å². The molecule has 0 saturated carbocycles. The Labute approximate surface area is 170 Å². The molecule has 2 N–H and O–H groups in total. The zero-order chi connectivity index (χ0) is 21.2. The van der Waals surface area contributed by atoms with Gasteiger partial charge in [-0.25, -0.2) is 18.2 Å². The summed E-state index contributed by atoms with van der Waals surface area (Å²) in [6.07, 6.45) is 2.30. The zero-order valence-electron chi connectivity index (χ0n) is 16.8. The van der Waals surface area contributed by atoms with E-state index in [1.165, 1.54) is 0 Å². The number of amides is 1. The van der Waals surface area contributed by atoms with E-state index >= 15 is 0 Å². The Balaban J connectivity index is 1.74. The molecule has 1 amide bonds. The minimum Gasteiger partial charge on any atom is -0.447 e. The highest BCUT2D eigenvalue weighted by atomic mass is 32.2. The first-order chi connectivity index (χ1) is 13.6. The van der Waals surface area contributed by atoms with E-state index in [9.17, 15) is 13.2 Å². The third kappa shape index (κ3) is 5.14. The second-order valence-electron chi connectivity index (χ2n) is 7.36. The van der Waals surface area contributed by atoms with Gasteiger partial charge in [0.1, 0.15) is 12.4 Å². The Hall–Kier alpha value is -2.88. The quantitative estimate of drug-likeness (QED) is 0.709. The number of benzene rings is 1. The number of nitrogens with one attached hydrogen (secondary N) is 2. The molecular formula is C19H25N5O4S. The fraction of sp³-hybridized carbons (Fsp3) is 0.421. The van der Waals surface area contributed by atoms with Crippen LogP contribution in [0.15, 0.2) is 36.5 Å². The van der Waals surface area contributed by atoms with Crippen LogP contribution in [0.5, 0.6) is 0 Å². The molecule has 156 valence electrons. The van der Waals surface area contributed by atoms with Crippen molar-refractivity contribution in [2.24, 2.45) is 5.92 Å². The lowest BCUT2D eigenvalue weighted by atomic mass is 10.0. The first-order valence-corrected chi connectivity index (χ1v) is 11.2. The Kier molecular flexibility index (Phi) is 5.92. The van der Waals surface area contributed by atoms with Crippen LogP contribution in [0.25, 0.3) is 0 Å². The number of carbonyl (C=O) groups excluding carboxylic acids is 1. The lowest BCUT2D eigenvalue weighted by molar-refractivity contribution is 0.177. The molecule has 29 heavy (non-hydrogen) atoms. The van der Waals surface area contributed by atoms with E-state index in [2.05, 4.69) is 20.0 Å². The van der Waals surface area contributed by atoms with E-state index in [0.717, 1.165) is 11.8 Å². The summed E-state index contributed by atoms with van der Waals surface area (Å²) < 4.78 is 30.2. The molecular weight excluding hydrogens is 394 g/mol. The van der Waals surface area contributed by atoms with E-state index in [-0.39, 0.29) is 18.0 Å². The SMILES string of the molecule is CC(C)C1COC(=O)N1c1ccnc(N[C@@H](C)c2ccc(NS(C)(=O)=O)cc2)n1. The maximum absolute atomic E-state index is 12.1. The molecule has 1 fully saturated rings. The van der Waals surface area contributed by atoms with Crippen LogP contribution >= 0.6 is 0 Å². The van der Waals surface area contributed by atoms with Crippen molar-refractivity contribution in [3.8, 4) is 0 Å². The summed E-state index contributed by atoms with van der Waals surface area (Å²) in [6.45, 7) is 6.35. The Bertz CT molecular complexity index is 978. The minimum absolute atomic E-state index is 0.0717. The zero-order valence-corrected chi connectivity index (χ0v) is 17.6. The smallest absolute Gasteiger partial charge is 0.415 e. The number of anilines is 3. The van der Waals surface area contributed by atoms with E-state index in [1.54, 1.807) is 29.3 Å². The Morgan fingerprint density at radius 2 is 1.86 bits per heavy atom. The van der Waals surface area contributed by atoms with Crippen LogP contribution in [0, 0.1) is 5.92 Å². The summed E-state index contributed by atoms with van der Waals surface area (Å²) in [6, 6.07) is 8.51. The first-order valence-electron chi connectivity index (χ1n) is 9.27. The molecule has 3 rings (SSSR count). The summed E-state index contributed by atoms with van der Waals surface area (Å²) in [4.78, 5) is 22.4. The molecule has 1 unspecified atom stereocenters. The molecule has 1 aromatic heterocycles. The van der Waals surface area contributed by atoms with Crippen molar-refractivity contribution < 1.29 is 17.9 Å². The van der Waals surface area contributed by atoms with Gasteiger partial charge in [-0.05, 0) is 36.6 Å². The van der Waals surface area contributed by atoms with Crippen LogP contribution in [-0.4, -0.2) is 43.4 Å². The average molecular weight is 420 g/mol. The number of carbonyl (C=O) groups is 1. The van der Waals surface area contributed by atoms with Gasteiger partial charge in [-0.2, -0.15) is 4.98 Å². The predicted octanol–water partition coefficient (Wildman–Crippen LogP) is 3.00. The second-order valence-corrected chi connectivity index (χ2v) is 9.11. The number of hydrogen-bond donors (Lipinski definition) is 2. The van der Waals surface area contributed by atoms with Crippen molar-refractivity contribution in [3.05, 3.63) is 42.1 Å². The number of hydrogen-bond acceptors (Lipinski definition) is 7. The van der Waals surface area contributed by atoms with Crippen molar-refractivity contribution in [2.45, 2.75) is 32.9 Å². The molecule has 10 heteroatoms. The van der Waals surface area contributed by atoms with Gasteiger partial charge >= 0.3 is 6.09 Å². The third-order valence-electron chi connectivity index (χ3n) is 4.62. The van der Waals surface area contributed by atoms with Crippen LogP contribution in [0.1, 0.15) is 32.4 Å². The predicted molar refractivity (Wildman–Crippen MR) is 111 cm³/mol. The molecule has 0 bridgehead atoms. The summed E-state index contributed by atoms with van der Waals surface area (Å²) in [5.74, 6) is 1.10. The molecule has 2 aromatic rings. The molecule has 1 aliphatic heterocycles. The molecule has 0 spiro atoms. The van der Waals surface area contributed by atoms with Crippen molar-refractivity contribution in [1.82, 2.24) is 9.97 Å². The lowest BCUT2D eigenvalue weighted by Crippen LogP contribution is -2.37. The van der Waals surface area contributed by atoms with E-state index in [0.29, 0.717) is 24.1 Å². The number of nitrogens with zero attached hydrogens (tertiary/aromatic N) is 3. The highest BCUT2D eigenvalue weighted by molar-refractivity contribution is 7.92. The third-order valence-corrected chi connectivity index (χ3v) is 5.23. The van der Waals surface area contributed by atoms with Gasteiger partial charge in [0.25, 0.3) is 0 Å². The van der Waals surface area contributed by atoms with E-state index < -0.39 is 16.1 Å². The summed E-state index contributed by atoms with van der Waals surface area (Å²) in [7, 11) is -3.32. The van der Waals surface area contributed by atoms with Crippen LogP contribution in [0.4, 0.5) is 22.2 Å². The van der Waals surface area contributed by atoms with Gasteiger partial charge in [-0.15, -0.1) is 0 Å². The standard InChI is InChI=1S/C19H25N5O4S/c1-12(2)16-11-28-19(25)24(16)17-9-10-20-18(22-17)21-13(3)14-5-7-15(8-6-14)23-29(4,26)27/h5-10,12-13,16,23H,11H2,1-4H3,(H,20,21,22)/t13-,16?/m0/s1. The monoisotopic (exact) mass is 419 g/mol. The lowest BCUT2D eigenvalue weighted by Gasteiger charge is -2.23. The first kappa shape index (κ1) is 20.8. The van der Waals surface area contributed by atoms with Gasteiger partial charge in [0.2, 0.25) is 16.0 Å². The number of cyclic esters (lactones) is 1. The fourth-order valence-corrected chi connectivity index (χ4v) is 3.64. The van der Waals surface area contributed by atoms with Gasteiger partial charge in [0.15, 0.2) is 0 Å². The molecule has 2 heterocycles. The van der Waals surface area contributed by atoms with Crippen molar-refractivity contribution >= 4 is 33.6 Å². The molecule has 1 aliphatic rings. The normalized spacial score (nSPS) is 17.9. The van der Waals surface area contributed by atoms with Gasteiger partial charge in [0.05, 0.1) is 18.3 Å². The number of rotatable bonds is 7. The van der Waals surface area contributed by atoms with Gasteiger partial charge in [-0.3, -0.25) is 9.62 Å². The summed E-state index contributed by atoms with van der Waals surface area (Å²) in [5, 5.41) is 3.21. The second kappa shape index (κ2) is 8.24. The highest BCUT2D eigenvalue weighted by Crippen LogP contribution is 2.27. The Morgan fingerprint density at radius 1 is 1.17 bits per heavy atom. The van der Waals surface area contributed by atoms with Crippen LogP contribution < -0.4 is 14.9 Å². The molecule has 9 nitrogen and oxygen atoms in total. The minimum atomic E-state index is -3.32. The topological polar surface area (TPSA) is 114 Å². The van der Waals surface area contributed by atoms with Crippen LogP contribution in [0.2, 0.25) is 0 Å². The molecule has 0 aliphatic carbocycles. The maximum Gasteiger partial charge on any atom is 0.415 e. The molecule has 1 saturated heterocycles. The summed E-state index contributed by atoms with van der Waals surface area (Å²) in [5.41, 5.74) is 1.42. The highest BCUT2D eigenvalue weighted by Gasteiger charge is 2.37. The average Bonchev–Trinajstić information content (AvgIpc) is 3.03. The van der Waals surface area contributed by atoms with Crippen molar-refractivity contribution in [3.63, 3.8) is 0 Å². The fourth-order valence-electron chi connectivity index (χ4n) is 3.07. The van der Waals surface area contributed by atoms with E-state index in [1.807, 2.05) is 32.9 Å². The van der Waals surface area contributed by atoms with Crippen LogP contribution in [-0.2, 0) is 14.8 Å². The number of sulfonamides is 1. The molecule has 1 aromatic carbocycles. The maximum atomic E-state index is 12.1. The number of ether oxygens (including phenoxy) is 1. The number of aromatic nitrogens is 2. The van der Waals surface area contributed by atoms with Gasteiger partial charge < -0.3 is 10.1 Å². The van der Waals surface area contributed by atoms with Gasteiger partial charge in [0, 0.05) is 11.9 Å². The molecule has 2 atom stereocenters. The largest absolute Gasteiger partial charge is 0.447 e. The Morgan fingerprint density at radius 3 is 2.48 bits per heavy atom. The molecule has 0 radical (unpaired) electrons. The van der Waals surface area contributed by atoms with Crippen LogP contribution in [0.3, 0.4) is 0 Å².